The molecule has 0 saturated heterocycles. The van der Waals surface area contributed by atoms with Crippen molar-refractivity contribution in [3.8, 4) is 11.4 Å². The van der Waals surface area contributed by atoms with Crippen LogP contribution in [0.3, 0.4) is 0 Å². The number of hydrogen-bond acceptors (Lipinski definition) is 6. The summed E-state index contributed by atoms with van der Waals surface area (Å²) in [5.41, 5.74) is 8.37. The Hall–Kier alpha value is -4.11. The highest BCUT2D eigenvalue weighted by atomic mass is 32.2. The molecule has 0 aliphatic heterocycles. The van der Waals surface area contributed by atoms with Crippen LogP contribution in [-0.2, 0) is 11.2 Å². The Balaban J connectivity index is 1.45. The minimum atomic E-state index is -0.380. The zero-order chi connectivity index (χ0) is 24.6. The summed E-state index contributed by atoms with van der Waals surface area (Å²) in [7, 11) is 1.62. The first-order chi connectivity index (χ1) is 17.0. The van der Waals surface area contributed by atoms with E-state index < -0.39 is 0 Å². The molecule has 2 amide bonds. The maximum Gasteiger partial charge on any atom is 0.269 e. The van der Waals surface area contributed by atoms with E-state index in [4.69, 9.17) is 4.74 Å². The molecule has 0 saturated carbocycles. The number of aryl methyl sites for hydroxylation is 1. The second kappa shape index (κ2) is 11.3. The van der Waals surface area contributed by atoms with Gasteiger partial charge in [0.05, 0.1) is 12.9 Å². The van der Waals surface area contributed by atoms with Crippen molar-refractivity contribution < 1.29 is 14.3 Å². The van der Waals surface area contributed by atoms with Crippen molar-refractivity contribution >= 4 is 23.6 Å². The topological polar surface area (TPSA) is 98.1 Å². The molecule has 4 aromatic rings. The van der Waals surface area contributed by atoms with Gasteiger partial charge in [-0.1, -0.05) is 59.8 Å². The molecular weight excluding hydrogens is 462 g/mol. The largest absolute Gasteiger partial charge is 0.497 e. The van der Waals surface area contributed by atoms with Gasteiger partial charge < -0.3 is 4.74 Å². The van der Waals surface area contributed by atoms with E-state index in [1.54, 1.807) is 19.2 Å². The quantitative estimate of drug-likeness (QED) is 0.290. The van der Waals surface area contributed by atoms with Crippen LogP contribution in [-0.4, -0.2) is 39.4 Å². The van der Waals surface area contributed by atoms with E-state index in [0.29, 0.717) is 17.1 Å². The fourth-order valence-electron chi connectivity index (χ4n) is 3.35. The molecular formula is C26H25N5O3S. The summed E-state index contributed by atoms with van der Waals surface area (Å²) in [6.45, 7) is 1.94. The molecule has 0 spiro atoms. The number of hydrazine groups is 1. The van der Waals surface area contributed by atoms with E-state index in [1.165, 1.54) is 11.8 Å². The summed E-state index contributed by atoms with van der Waals surface area (Å²) in [6, 6.07) is 24.6. The number of hydrogen-bond donors (Lipinski definition) is 2. The van der Waals surface area contributed by atoms with Crippen LogP contribution in [0.4, 0.5) is 0 Å². The average Bonchev–Trinajstić information content (AvgIpc) is 3.29. The lowest BCUT2D eigenvalue weighted by Gasteiger charge is -2.11. The molecule has 4 rings (SSSR count). The SMILES string of the molecule is COc1ccc(-n2c(Cc3ccccc3)nnc2SCC(=O)NNC(=O)c2ccc(C)cc2)cc1. The lowest BCUT2D eigenvalue weighted by molar-refractivity contribution is -0.119. The van der Waals surface area contributed by atoms with Crippen molar-refractivity contribution in [2.45, 2.75) is 18.5 Å². The maximum absolute atomic E-state index is 12.4. The smallest absolute Gasteiger partial charge is 0.269 e. The summed E-state index contributed by atoms with van der Waals surface area (Å²) in [5, 5.41) is 9.29. The number of amides is 2. The highest BCUT2D eigenvalue weighted by Crippen LogP contribution is 2.25. The highest BCUT2D eigenvalue weighted by molar-refractivity contribution is 7.99. The van der Waals surface area contributed by atoms with Gasteiger partial charge in [0.1, 0.15) is 11.6 Å². The molecule has 178 valence electrons. The molecule has 0 unspecified atom stereocenters. The van der Waals surface area contributed by atoms with E-state index in [-0.39, 0.29) is 17.6 Å². The zero-order valence-electron chi connectivity index (χ0n) is 19.4. The van der Waals surface area contributed by atoms with Gasteiger partial charge in [0.2, 0.25) is 5.91 Å². The van der Waals surface area contributed by atoms with Gasteiger partial charge in [0.25, 0.3) is 5.91 Å². The molecule has 2 N–H and O–H groups in total. The number of nitrogens with zero attached hydrogens (tertiary/aromatic N) is 3. The molecule has 0 aliphatic rings. The van der Waals surface area contributed by atoms with Gasteiger partial charge in [0.15, 0.2) is 5.16 Å². The first-order valence-electron chi connectivity index (χ1n) is 10.9. The monoisotopic (exact) mass is 487 g/mol. The Morgan fingerprint density at radius 2 is 1.63 bits per heavy atom. The minimum Gasteiger partial charge on any atom is -0.497 e. The van der Waals surface area contributed by atoms with Crippen LogP contribution in [0, 0.1) is 6.92 Å². The molecule has 0 radical (unpaired) electrons. The van der Waals surface area contributed by atoms with Crippen molar-refractivity contribution in [2.24, 2.45) is 0 Å². The van der Waals surface area contributed by atoms with Gasteiger partial charge in [0, 0.05) is 17.7 Å². The second-order valence-electron chi connectivity index (χ2n) is 7.75. The third-order valence-electron chi connectivity index (χ3n) is 5.20. The summed E-state index contributed by atoms with van der Waals surface area (Å²) < 4.78 is 7.20. The van der Waals surface area contributed by atoms with Gasteiger partial charge >= 0.3 is 0 Å². The van der Waals surface area contributed by atoms with Gasteiger partial charge in [-0.25, -0.2) is 0 Å². The van der Waals surface area contributed by atoms with Crippen molar-refractivity contribution in [3.05, 3.63) is 101 Å². The van der Waals surface area contributed by atoms with Crippen LogP contribution >= 0.6 is 11.8 Å². The normalized spacial score (nSPS) is 10.6. The maximum atomic E-state index is 12.4. The number of benzene rings is 3. The number of nitrogens with one attached hydrogen (secondary N) is 2. The van der Waals surface area contributed by atoms with Crippen molar-refractivity contribution in [3.63, 3.8) is 0 Å². The first kappa shape index (κ1) is 24.0. The fraction of sp³-hybridized carbons (Fsp3) is 0.154. The third-order valence-corrected chi connectivity index (χ3v) is 6.13. The standard InChI is InChI=1S/C26H25N5O3S/c1-18-8-10-20(11-9-18)25(33)29-28-24(32)17-35-26-30-27-23(16-19-6-4-3-5-7-19)31(26)21-12-14-22(34-2)15-13-21/h3-15H,16-17H2,1-2H3,(H,28,32)(H,29,33). The summed E-state index contributed by atoms with van der Waals surface area (Å²) in [6.07, 6.45) is 0.583. The number of rotatable bonds is 8. The zero-order valence-corrected chi connectivity index (χ0v) is 20.2. The van der Waals surface area contributed by atoms with E-state index in [9.17, 15) is 9.59 Å². The Morgan fingerprint density at radius 3 is 2.31 bits per heavy atom. The number of aromatic nitrogens is 3. The molecule has 35 heavy (non-hydrogen) atoms. The average molecular weight is 488 g/mol. The Bertz CT molecular complexity index is 1290. The van der Waals surface area contributed by atoms with E-state index in [0.717, 1.165) is 28.4 Å². The van der Waals surface area contributed by atoms with Crippen molar-refractivity contribution in [1.29, 1.82) is 0 Å². The summed E-state index contributed by atoms with van der Waals surface area (Å²) in [5.74, 6) is 0.800. The molecule has 3 aromatic carbocycles. The van der Waals surface area contributed by atoms with Crippen LogP contribution < -0.4 is 15.6 Å². The van der Waals surface area contributed by atoms with Crippen LogP contribution in [0.15, 0.2) is 84.0 Å². The van der Waals surface area contributed by atoms with E-state index in [1.807, 2.05) is 78.2 Å². The summed E-state index contributed by atoms with van der Waals surface area (Å²) in [4.78, 5) is 24.6. The van der Waals surface area contributed by atoms with Crippen molar-refractivity contribution in [1.82, 2.24) is 25.6 Å². The molecule has 0 bridgehead atoms. The van der Waals surface area contributed by atoms with Crippen molar-refractivity contribution in [2.75, 3.05) is 12.9 Å². The fourth-order valence-corrected chi connectivity index (χ4v) is 4.12. The van der Waals surface area contributed by atoms with Gasteiger partial charge in [-0.15, -0.1) is 10.2 Å². The number of methoxy groups -OCH3 is 1. The number of carbonyl (C=O) groups is 2. The van der Waals surface area contributed by atoms with Crippen LogP contribution in [0.25, 0.3) is 5.69 Å². The second-order valence-corrected chi connectivity index (χ2v) is 8.69. The predicted molar refractivity (Wildman–Crippen MR) is 135 cm³/mol. The highest BCUT2D eigenvalue weighted by Gasteiger charge is 2.17. The minimum absolute atomic E-state index is 0.0494. The number of ether oxygens (including phenoxy) is 1. The predicted octanol–water partition coefficient (Wildman–Crippen LogP) is 3.73. The van der Waals surface area contributed by atoms with Crippen LogP contribution in [0.5, 0.6) is 5.75 Å². The van der Waals surface area contributed by atoms with Crippen LogP contribution in [0.2, 0.25) is 0 Å². The third kappa shape index (κ3) is 6.27. The molecule has 0 fully saturated rings. The Kier molecular flexibility index (Phi) is 7.79. The number of carbonyl (C=O) groups excluding carboxylic acids is 2. The molecule has 0 atom stereocenters. The lowest BCUT2D eigenvalue weighted by Crippen LogP contribution is -2.42. The Morgan fingerprint density at radius 1 is 0.914 bits per heavy atom. The lowest BCUT2D eigenvalue weighted by atomic mass is 10.1. The molecule has 8 nitrogen and oxygen atoms in total. The van der Waals surface area contributed by atoms with Crippen LogP contribution in [0.1, 0.15) is 27.3 Å². The first-order valence-corrected chi connectivity index (χ1v) is 11.9. The van der Waals surface area contributed by atoms with Gasteiger partial charge in [-0.2, -0.15) is 0 Å². The Labute approximate surface area is 207 Å². The van der Waals surface area contributed by atoms with E-state index >= 15 is 0 Å². The van der Waals surface area contributed by atoms with Gasteiger partial charge in [-0.3, -0.25) is 25.0 Å². The molecule has 0 aliphatic carbocycles. The number of thioether (sulfide) groups is 1. The molecule has 1 heterocycles. The summed E-state index contributed by atoms with van der Waals surface area (Å²) >= 11 is 1.24. The molecule has 9 heteroatoms. The molecule has 1 aromatic heterocycles. The van der Waals surface area contributed by atoms with E-state index in [2.05, 4.69) is 21.0 Å². The van der Waals surface area contributed by atoms with Gasteiger partial charge in [-0.05, 0) is 48.9 Å².